The number of nitrogens with two attached hydrogens (primary N) is 1. The highest BCUT2D eigenvalue weighted by atomic mass is 19.4. The van der Waals surface area contributed by atoms with Gasteiger partial charge in [-0.1, -0.05) is 0 Å². The first-order valence-electron chi connectivity index (χ1n) is 5.61. The third kappa shape index (κ3) is 2.94. The lowest BCUT2D eigenvalue weighted by Gasteiger charge is -2.23. The second kappa shape index (κ2) is 5.29. The molecule has 0 amide bonds. The van der Waals surface area contributed by atoms with E-state index in [-0.39, 0.29) is 5.56 Å². The van der Waals surface area contributed by atoms with Crippen molar-refractivity contribution >= 4 is 11.5 Å². The average Bonchev–Trinajstić information content (AvgIpc) is 2.29. The van der Waals surface area contributed by atoms with Gasteiger partial charge in [0.2, 0.25) is 0 Å². The van der Waals surface area contributed by atoms with Crippen LogP contribution in [0.4, 0.5) is 18.9 Å². The van der Waals surface area contributed by atoms with E-state index in [2.05, 4.69) is 0 Å². The number of nitrogens with one attached hydrogen (secondary N) is 1. The fraction of sp³-hybridized carbons (Fsp3) is 0.417. The highest BCUT2D eigenvalue weighted by Gasteiger charge is 2.34. The number of benzene rings is 1. The summed E-state index contributed by atoms with van der Waals surface area (Å²) >= 11 is 0. The van der Waals surface area contributed by atoms with Crippen molar-refractivity contribution in [2.24, 2.45) is 5.73 Å². The van der Waals surface area contributed by atoms with Crippen molar-refractivity contribution in [3.8, 4) is 0 Å². The minimum atomic E-state index is -4.50. The molecule has 0 saturated carbocycles. The maximum Gasteiger partial charge on any atom is 0.417 e. The number of nitrogen functional groups attached to an aromatic ring is 1. The Labute approximate surface area is 104 Å². The van der Waals surface area contributed by atoms with E-state index in [9.17, 15) is 13.2 Å². The van der Waals surface area contributed by atoms with Gasteiger partial charge < -0.3 is 10.6 Å². The molecule has 3 nitrogen and oxygen atoms in total. The molecule has 6 heteroatoms. The Bertz CT molecular complexity index is 437. The van der Waals surface area contributed by atoms with E-state index in [1.165, 1.54) is 12.1 Å². The molecule has 1 rings (SSSR count). The summed E-state index contributed by atoms with van der Waals surface area (Å²) in [6.07, 6.45) is -4.50. The van der Waals surface area contributed by atoms with E-state index in [1.54, 1.807) is 0 Å². The van der Waals surface area contributed by atoms with Crippen LogP contribution in [-0.2, 0) is 6.18 Å². The van der Waals surface area contributed by atoms with Crippen LogP contribution in [-0.4, -0.2) is 18.9 Å². The van der Waals surface area contributed by atoms with Gasteiger partial charge in [-0.05, 0) is 32.0 Å². The summed E-state index contributed by atoms with van der Waals surface area (Å²) in [5.74, 6) is -0.573. The first kappa shape index (κ1) is 14.3. The van der Waals surface area contributed by atoms with Crippen LogP contribution in [0.5, 0.6) is 0 Å². The van der Waals surface area contributed by atoms with Crippen LogP contribution in [0.25, 0.3) is 0 Å². The second-order valence-electron chi connectivity index (χ2n) is 3.81. The molecule has 0 bridgehead atoms. The van der Waals surface area contributed by atoms with Gasteiger partial charge in [-0.25, -0.2) is 0 Å². The van der Waals surface area contributed by atoms with Crippen molar-refractivity contribution in [1.82, 2.24) is 0 Å². The summed E-state index contributed by atoms with van der Waals surface area (Å²) in [4.78, 5) is 1.90. The predicted octanol–water partition coefficient (Wildman–Crippen LogP) is 2.84. The molecule has 0 radical (unpaired) electrons. The van der Waals surface area contributed by atoms with E-state index < -0.39 is 17.6 Å². The van der Waals surface area contributed by atoms with Gasteiger partial charge in [0.15, 0.2) is 0 Å². The molecule has 0 saturated heterocycles. The average molecular weight is 259 g/mol. The van der Waals surface area contributed by atoms with Crippen molar-refractivity contribution in [3.63, 3.8) is 0 Å². The Balaban J connectivity index is 3.32. The number of anilines is 1. The number of amidine groups is 1. The number of nitrogens with zero attached hydrogens (tertiary/aromatic N) is 1. The van der Waals surface area contributed by atoms with Crippen LogP contribution in [0.3, 0.4) is 0 Å². The normalized spacial score (nSPS) is 11.4. The Hall–Kier alpha value is -1.72. The molecule has 0 atom stereocenters. The summed E-state index contributed by atoms with van der Waals surface area (Å²) in [7, 11) is 0. The zero-order valence-corrected chi connectivity index (χ0v) is 10.3. The highest BCUT2D eigenvalue weighted by molar-refractivity contribution is 5.97. The fourth-order valence-corrected chi connectivity index (χ4v) is 1.79. The van der Waals surface area contributed by atoms with E-state index in [4.69, 9.17) is 11.1 Å². The molecule has 100 valence electrons. The monoisotopic (exact) mass is 259 g/mol. The Morgan fingerprint density at radius 2 is 1.83 bits per heavy atom. The van der Waals surface area contributed by atoms with Gasteiger partial charge in [0.25, 0.3) is 0 Å². The number of rotatable bonds is 4. The van der Waals surface area contributed by atoms with E-state index in [1.807, 2.05) is 18.7 Å². The van der Waals surface area contributed by atoms with E-state index >= 15 is 0 Å². The summed E-state index contributed by atoms with van der Waals surface area (Å²) < 4.78 is 38.2. The van der Waals surface area contributed by atoms with Crippen LogP contribution >= 0.6 is 0 Å². The van der Waals surface area contributed by atoms with Crippen molar-refractivity contribution in [2.75, 3.05) is 18.0 Å². The molecular weight excluding hydrogens is 243 g/mol. The number of hydrogen-bond donors (Lipinski definition) is 2. The topological polar surface area (TPSA) is 53.1 Å². The maximum atomic E-state index is 12.7. The number of halogens is 3. The third-order valence-electron chi connectivity index (χ3n) is 2.73. The summed E-state index contributed by atoms with van der Waals surface area (Å²) in [5.41, 5.74) is 4.72. The zero-order chi connectivity index (χ0) is 13.9. The Kier molecular flexibility index (Phi) is 4.21. The number of hydrogen-bond acceptors (Lipinski definition) is 2. The lowest BCUT2D eigenvalue weighted by molar-refractivity contribution is -0.137. The molecule has 1 aromatic rings. The SMILES string of the molecule is CCN(CC)c1ccc(C(F)(F)F)c(C(=N)N)c1. The van der Waals surface area contributed by atoms with Gasteiger partial charge in [-0.2, -0.15) is 13.2 Å². The van der Waals surface area contributed by atoms with Crippen molar-refractivity contribution in [2.45, 2.75) is 20.0 Å². The van der Waals surface area contributed by atoms with Gasteiger partial charge in [0.1, 0.15) is 5.84 Å². The molecule has 0 fully saturated rings. The summed E-state index contributed by atoms with van der Waals surface area (Å²) in [5, 5.41) is 7.27. The predicted molar refractivity (Wildman–Crippen MR) is 66.0 cm³/mol. The van der Waals surface area contributed by atoms with Gasteiger partial charge >= 0.3 is 6.18 Å². The first-order valence-corrected chi connectivity index (χ1v) is 5.61. The molecule has 0 aliphatic carbocycles. The molecule has 0 aromatic heterocycles. The van der Waals surface area contributed by atoms with E-state index in [0.29, 0.717) is 18.8 Å². The first-order chi connectivity index (χ1) is 8.31. The minimum absolute atomic E-state index is 0.271. The van der Waals surface area contributed by atoms with Gasteiger partial charge in [-0.15, -0.1) is 0 Å². The van der Waals surface area contributed by atoms with Gasteiger partial charge in [-0.3, -0.25) is 5.41 Å². The molecule has 0 aliphatic rings. The van der Waals surface area contributed by atoms with Crippen molar-refractivity contribution in [1.29, 1.82) is 5.41 Å². The molecule has 0 unspecified atom stereocenters. The van der Waals surface area contributed by atoms with E-state index in [0.717, 1.165) is 6.07 Å². The zero-order valence-electron chi connectivity index (χ0n) is 10.3. The summed E-state index contributed by atoms with van der Waals surface area (Å²) in [6, 6.07) is 3.70. The quantitative estimate of drug-likeness (QED) is 0.645. The minimum Gasteiger partial charge on any atom is -0.384 e. The van der Waals surface area contributed by atoms with Crippen molar-refractivity contribution in [3.05, 3.63) is 29.3 Å². The van der Waals surface area contributed by atoms with Crippen LogP contribution in [0, 0.1) is 5.41 Å². The van der Waals surface area contributed by atoms with Crippen molar-refractivity contribution < 1.29 is 13.2 Å². The standard InChI is InChI=1S/C12H16F3N3/c1-3-18(4-2)8-5-6-10(12(13,14)15)9(7-8)11(16)17/h5-7H,3-4H2,1-2H3,(H3,16,17). The molecule has 0 heterocycles. The highest BCUT2D eigenvalue weighted by Crippen LogP contribution is 2.33. The third-order valence-corrected chi connectivity index (χ3v) is 2.73. The lowest BCUT2D eigenvalue weighted by atomic mass is 10.0. The van der Waals surface area contributed by atoms with Crippen LogP contribution in [0.2, 0.25) is 0 Å². The molecule has 0 spiro atoms. The van der Waals surface area contributed by atoms with Gasteiger partial charge in [0, 0.05) is 24.3 Å². The Morgan fingerprint density at radius 1 is 1.28 bits per heavy atom. The molecule has 3 N–H and O–H groups in total. The molecule has 1 aromatic carbocycles. The smallest absolute Gasteiger partial charge is 0.384 e. The van der Waals surface area contributed by atoms with Gasteiger partial charge in [0.05, 0.1) is 5.56 Å². The number of alkyl halides is 3. The molecular formula is C12H16F3N3. The maximum absolute atomic E-state index is 12.7. The van der Waals surface area contributed by atoms with Crippen LogP contribution < -0.4 is 10.6 Å². The van der Waals surface area contributed by atoms with Crippen LogP contribution in [0.1, 0.15) is 25.0 Å². The fourth-order valence-electron chi connectivity index (χ4n) is 1.79. The largest absolute Gasteiger partial charge is 0.417 e. The lowest BCUT2D eigenvalue weighted by Crippen LogP contribution is -2.24. The molecule has 0 aliphatic heterocycles. The molecule has 18 heavy (non-hydrogen) atoms. The summed E-state index contributed by atoms with van der Waals surface area (Å²) in [6.45, 7) is 5.18. The second-order valence-corrected chi connectivity index (χ2v) is 3.81. The Morgan fingerprint density at radius 3 is 2.22 bits per heavy atom. The van der Waals surface area contributed by atoms with Crippen LogP contribution in [0.15, 0.2) is 18.2 Å².